The van der Waals surface area contributed by atoms with Gasteiger partial charge < -0.3 is 10.2 Å². The van der Waals surface area contributed by atoms with Crippen LogP contribution in [0.5, 0.6) is 0 Å². The zero-order valence-corrected chi connectivity index (χ0v) is 10.3. The Labute approximate surface area is 103 Å². The summed E-state index contributed by atoms with van der Waals surface area (Å²) >= 11 is 0. The van der Waals surface area contributed by atoms with Gasteiger partial charge in [-0.3, -0.25) is 4.98 Å². The van der Waals surface area contributed by atoms with Crippen LogP contribution in [0.1, 0.15) is 25.7 Å². The fourth-order valence-corrected chi connectivity index (χ4v) is 2.69. The smallest absolute Gasteiger partial charge is 0.0555 e. The summed E-state index contributed by atoms with van der Waals surface area (Å²) in [5.74, 6) is 0.935. The highest BCUT2D eigenvalue weighted by atomic mass is 15.2. The minimum Gasteiger partial charge on any atom is -0.367 e. The average molecular weight is 231 g/mol. The number of nitrogens with one attached hydrogen (secondary N) is 1. The minimum absolute atomic E-state index is 0.709. The molecular weight excluding hydrogens is 210 g/mol. The molecule has 0 aromatic carbocycles. The summed E-state index contributed by atoms with van der Waals surface area (Å²) in [5, 5.41) is 3.45. The van der Waals surface area contributed by atoms with Gasteiger partial charge in [0.2, 0.25) is 0 Å². The van der Waals surface area contributed by atoms with Crippen molar-refractivity contribution >= 4 is 5.69 Å². The van der Waals surface area contributed by atoms with Crippen LogP contribution in [-0.2, 0) is 0 Å². The van der Waals surface area contributed by atoms with E-state index in [1.54, 1.807) is 0 Å². The quantitative estimate of drug-likeness (QED) is 0.859. The molecule has 2 aliphatic rings. The third kappa shape index (κ3) is 2.78. The third-order valence-corrected chi connectivity index (χ3v) is 3.88. The molecule has 1 aliphatic heterocycles. The molecule has 1 saturated carbocycles. The Bertz CT molecular complexity index is 342. The molecule has 1 saturated heterocycles. The zero-order chi connectivity index (χ0) is 11.5. The molecule has 17 heavy (non-hydrogen) atoms. The maximum atomic E-state index is 4.27. The van der Waals surface area contributed by atoms with Crippen LogP contribution in [0.3, 0.4) is 0 Å². The van der Waals surface area contributed by atoms with Gasteiger partial charge in [0.25, 0.3) is 0 Å². The first-order chi connectivity index (χ1) is 8.43. The van der Waals surface area contributed by atoms with E-state index in [9.17, 15) is 0 Å². The number of aromatic nitrogens is 1. The van der Waals surface area contributed by atoms with Crippen LogP contribution in [0.25, 0.3) is 0 Å². The van der Waals surface area contributed by atoms with Crippen LogP contribution in [0, 0.1) is 5.92 Å². The Morgan fingerprint density at radius 1 is 1.24 bits per heavy atom. The molecule has 1 aliphatic carbocycles. The lowest BCUT2D eigenvalue weighted by molar-refractivity contribution is 0.425. The van der Waals surface area contributed by atoms with Gasteiger partial charge in [-0.05, 0) is 56.8 Å². The number of piperidine rings is 1. The predicted molar refractivity (Wildman–Crippen MR) is 70.2 cm³/mol. The second kappa shape index (κ2) is 5.05. The molecular formula is C14H21N3. The largest absolute Gasteiger partial charge is 0.367 e. The zero-order valence-electron chi connectivity index (χ0n) is 10.3. The Hall–Kier alpha value is -1.09. The van der Waals surface area contributed by atoms with Crippen molar-refractivity contribution in [3.8, 4) is 0 Å². The molecule has 1 aromatic heterocycles. The molecule has 0 atom stereocenters. The van der Waals surface area contributed by atoms with E-state index in [0.717, 1.165) is 19.0 Å². The van der Waals surface area contributed by atoms with Crippen LogP contribution in [-0.4, -0.2) is 30.7 Å². The normalized spacial score (nSPS) is 21.4. The second-order valence-corrected chi connectivity index (χ2v) is 5.29. The highest BCUT2D eigenvalue weighted by Crippen LogP contribution is 2.33. The fraction of sp³-hybridized carbons (Fsp3) is 0.643. The molecule has 1 aromatic rings. The van der Waals surface area contributed by atoms with Gasteiger partial charge in [0, 0.05) is 18.8 Å². The Kier molecular flexibility index (Phi) is 3.27. The van der Waals surface area contributed by atoms with Crippen LogP contribution in [0.15, 0.2) is 24.5 Å². The topological polar surface area (TPSA) is 28.2 Å². The van der Waals surface area contributed by atoms with Gasteiger partial charge in [-0.25, -0.2) is 0 Å². The van der Waals surface area contributed by atoms with E-state index in [-0.39, 0.29) is 0 Å². The Morgan fingerprint density at radius 2 is 2.06 bits per heavy atom. The molecule has 2 fully saturated rings. The van der Waals surface area contributed by atoms with E-state index in [4.69, 9.17) is 0 Å². The highest BCUT2D eigenvalue weighted by molar-refractivity contribution is 5.45. The van der Waals surface area contributed by atoms with Crippen molar-refractivity contribution in [1.82, 2.24) is 10.3 Å². The molecule has 92 valence electrons. The van der Waals surface area contributed by atoms with Gasteiger partial charge >= 0.3 is 0 Å². The predicted octanol–water partition coefficient (Wildman–Crippen LogP) is 2.05. The summed E-state index contributed by atoms with van der Waals surface area (Å²) in [7, 11) is 0. The van der Waals surface area contributed by atoms with Crippen LogP contribution < -0.4 is 10.2 Å². The fourth-order valence-electron chi connectivity index (χ4n) is 2.69. The lowest BCUT2D eigenvalue weighted by Gasteiger charge is -2.36. The molecule has 3 nitrogen and oxygen atoms in total. The van der Waals surface area contributed by atoms with Crippen molar-refractivity contribution in [2.75, 3.05) is 24.5 Å². The Morgan fingerprint density at radius 3 is 2.71 bits per heavy atom. The summed E-state index contributed by atoms with van der Waals surface area (Å²) in [4.78, 5) is 6.87. The average Bonchev–Trinajstić information content (AvgIpc) is 3.22. The number of pyridine rings is 1. The van der Waals surface area contributed by atoms with Crippen LogP contribution >= 0.6 is 0 Å². The number of anilines is 1. The lowest BCUT2D eigenvalue weighted by Crippen LogP contribution is -2.44. The van der Waals surface area contributed by atoms with Gasteiger partial charge in [-0.15, -0.1) is 0 Å². The SMILES string of the molecule is c1cncc(N(CC2CC2)C2CCNCC2)c1. The van der Waals surface area contributed by atoms with Crippen molar-refractivity contribution in [2.45, 2.75) is 31.7 Å². The standard InChI is InChI=1S/C14H21N3/c1-2-14(10-16-7-1)17(11-12-3-4-12)13-5-8-15-9-6-13/h1-2,7,10,12-13,15H,3-6,8-9,11H2. The summed E-state index contributed by atoms with van der Waals surface area (Å²) in [5.41, 5.74) is 1.31. The summed E-state index contributed by atoms with van der Waals surface area (Å²) in [6, 6.07) is 4.97. The van der Waals surface area contributed by atoms with Gasteiger partial charge in [-0.1, -0.05) is 0 Å². The molecule has 0 amide bonds. The number of rotatable bonds is 4. The molecule has 0 spiro atoms. The molecule has 2 heterocycles. The number of nitrogens with zero attached hydrogens (tertiary/aromatic N) is 2. The van der Waals surface area contributed by atoms with Crippen molar-refractivity contribution in [3.63, 3.8) is 0 Å². The number of hydrogen-bond donors (Lipinski definition) is 1. The van der Waals surface area contributed by atoms with Crippen molar-refractivity contribution in [3.05, 3.63) is 24.5 Å². The van der Waals surface area contributed by atoms with Crippen molar-refractivity contribution in [1.29, 1.82) is 0 Å². The third-order valence-electron chi connectivity index (χ3n) is 3.88. The summed E-state index contributed by atoms with van der Waals surface area (Å²) < 4.78 is 0. The molecule has 0 bridgehead atoms. The second-order valence-electron chi connectivity index (χ2n) is 5.29. The first kappa shape index (κ1) is 11.0. The van der Waals surface area contributed by atoms with E-state index in [1.165, 1.54) is 37.9 Å². The van der Waals surface area contributed by atoms with Crippen LogP contribution in [0.2, 0.25) is 0 Å². The molecule has 3 rings (SSSR count). The van der Waals surface area contributed by atoms with Crippen molar-refractivity contribution in [2.24, 2.45) is 5.92 Å². The lowest BCUT2D eigenvalue weighted by atomic mass is 10.0. The monoisotopic (exact) mass is 231 g/mol. The molecule has 1 N–H and O–H groups in total. The van der Waals surface area contributed by atoms with Gasteiger partial charge in [0.15, 0.2) is 0 Å². The van der Waals surface area contributed by atoms with Gasteiger partial charge in [0.1, 0.15) is 0 Å². The van der Waals surface area contributed by atoms with Gasteiger partial charge in [0.05, 0.1) is 11.9 Å². The van der Waals surface area contributed by atoms with E-state index in [1.807, 2.05) is 12.4 Å². The minimum atomic E-state index is 0.709. The first-order valence-electron chi connectivity index (χ1n) is 6.81. The summed E-state index contributed by atoms with van der Waals surface area (Å²) in [6.45, 7) is 3.55. The first-order valence-corrected chi connectivity index (χ1v) is 6.81. The van der Waals surface area contributed by atoms with E-state index in [0.29, 0.717) is 6.04 Å². The van der Waals surface area contributed by atoms with E-state index in [2.05, 4.69) is 27.3 Å². The van der Waals surface area contributed by atoms with E-state index < -0.39 is 0 Å². The summed E-state index contributed by atoms with van der Waals surface area (Å²) in [6.07, 6.45) is 9.25. The molecule has 0 radical (unpaired) electrons. The van der Waals surface area contributed by atoms with E-state index >= 15 is 0 Å². The maximum absolute atomic E-state index is 4.27. The van der Waals surface area contributed by atoms with Crippen molar-refractivity contribution < 1.29 is 0 Å². The highest BCUT2D eigenvalue weighted by Gasteiger charge is 2.29. The Balaban J connectivity index is 1.75. The number of hydrogen-bond acceptors (Lipinski definition) is 3. The molecule has 3 heteroatoms. The molecule has 0 unspecified atom stereocenters. The van der Waals surface area contributed by atoms with Gasteiger partial charge in [-0.2, -0.15) is 0 Å². The maximum Gasteiger partial charge on any atom is 0.0555 e. The van der Waals surface area contributed by atoms with Crippen LogP contribution in [0.4, 0.5) is 5.69 Å².